The Bertz CT molecular complexity index is 782. The molecule has 7 heteroatoms. The zero-order chi connectivity index (χ0) is 16.3. The molecular weight excluding hydrogens is 302 g/mol. The standard InChI is InChI=1S/C15H19N3O3S/c1-11(2)18(22(3,20)21)10-14(19)17-13-8-4-6-12-7-5-9-16-15(12)13/h4-9,11H,10H2,1-3H3,(H,17,19). The molecule has 1 amide bonds. The summed E-state index contributed by atoms with van der Waals surface area (Å²) in [6.07, 6.45) is 2.74. The fourth-order valence-corrected chi connectivity index (χ4v) is 3.34. The number of benzene rings is 1. The van der Waals surface area contributed by atoms with Crippen molar-refractivity contribution in [3.05, 3.63) is 36.5 Å². The Balaban J connectivity index is 2.21. The first-order chi connectivity index (χ1) is 10.3. The molecule has 1 aromatic heterocycles. The summed E-state index contributed by atoms with van der Waals surface area (Å²) in [5, 5.41) is 3.64. The van der Waals surface area contributed by atoms with E-state index in [1.54, 1.807) is 26.1 Å². The van der Waals surface area contributed by atoms with Gasteiger partial charge in [0.25, 0.3) is 0 Å². The third-order valence-electron chi connectivity index (χ3n) is 3.21. The van der Waals surface area contributed by atoms with Crippen molar-refractivity contribution in [2.75, 3.05) is 18.1 Å². The fraction of sp³-hybridized carbons (Fsp3) is 0.333. The summed E-state index contributed by atoms with van der Waals surface area (Å²) in [5.74, 6) is -0.391. The molecule has 118 valence electrons. The molecule has 0 fully saturated rings. The molecule has 2 rings (SSSR count). The minimum Gasteiger partial charge on any atom is -0.323 e. The lowest BCUT2D eigenvalue weighted by Gasteiger charge is -2.23. The highest BCUT2D eigenvalue weighted by atomic mass is 32.2. The van der Waals surface area contributed by atoms with Crippen LogP contribution >= 0.6 is 0 Å². The Morgan fingerprint density at radius 3 is 2.59 bits per heavy atom. The zero-order valence-corrected chi connectivity index (χ0v) is 13.6. The molecule has 0 saturated heterocycles. The van der Waals surface area contributed by atoms with Crippen LogP contribution in [0.25, 0.3) is 10.9 Å². The highest BCUT2D eigenvalue weighted by Crippen LogP contribution is 2.20. The first-order valence-corrected chi connectivity index (χ1v) is 8.74. The van der Waals surface area contributed by atoms with E-state index in [-0.39, 0.29) is 12.6 Å². The molecule has 1 heterocycles. The highest BCUT2D eigenvalue weighted by molar-refractivity contribution is 7.88. The number of carbonyl (C=O) groups is 1. The van der Waals surface area contributed by atoms with Crippen molar-refractivity contribution in [3.8, 4) is 0 Å². The number of hydrogen-bond acceptors (Lipinski definition) is 4. The van der Waals surface area contributed by atoms with Crippen molar-refractivity contribution in [2.45, 2.75) is 19.9 Å². The molecule has 0 unspecified atom stereocenters. The topological polar surface area (TPSA) is 79.4 Å². The predicted molar refractivity (Wildman–Crippen MR) is 87.1 cm³/mol. The number of nitrogens with zero attached hydrogens (tertiary/aromatic N) is 2. The van der Waals surface area contributed by atoms with Crippen molar-refractivity contribution in [3.63, 3.8) is 0 Å². The van der Waals surface area contributed by atoms with Crippen LogP contribution in [0.5, 0.6) is 0 Å². The number of pyridine rings is 1. The van der Waals surface area contributed by atoms with Gasteiger partial charge in [0.1, 0.15) is 0 Å². The molecule has 0 radical (unpaired) electrons. The maximum absolute atomic E-state index is 12.2. The van der Waals surface area contributed by atoms with Crippen molar-refractivity contribution in [1.29, 1.82) is 0 Å². The van der Waals surface area contributed by atoms with Crippen LogP contribution in [0.4, 0.5) is 5.69 Å². The first kappa shape index (κ1) is 16.4. The van der Waals surface area contributed by atoms with Crippen molar-refractivity contribution in [1.82, 2.24) is 9.29 Å². The SMILES string of the molecule is CC(C)N(CC(=O)Nc1cccc2cccnc12)S(C)(=O)=O. The minimum atomic E-state index is -3.44. The summed E-state index contributed by atoms with van der Waals surface area (Å²) >= 11 is 0. The number of amides is 1. The van der Waals surface area contributed by atoms with E-state index in [9.17, 15) is 13.2 Å². The molecule has 6 nitrogen and oxygen atoms in total. The number of nitrogens with one attached hydrogen (secondary N) is 1. The Hall–Kier alpha value is -1.99. The number of para-hydroxylation sites is 1. The van der Waals surface area contributed by atoms with Gasteiger partial charge in [0.2, 0.25) is 15.9 Å². The number of rotatable bonds is 5. The zero-order valence-electron chi connectivity index (χ0n) is 12.8. The van der Waals surface area contributed by atoms with Crippen LogP contribution in [0.3, 0.4) is 0 Å². The third kappa shape index (κ3) is 3.80. The van der Waals surface area contributed by atoms with Gasteiger partial charge in [-0.2, -0.15) is 4.31 Å². The monoisotopic (exact) mass is 321 g/mol. The second kappa shape index (κ2) is 6.41. The van der Waals surface area contributed by atoms with E-state index >= 15 is 0 Å². The van der Waals surface area contributed by atoms with E-state index in [4.69, 9.17) is 0 Å². The molecule has 0 atom stereocenters. The lowest BCUT2D eigenvalue weighted by atomic mass is 10.2. The highest BCUT2D eigenvalue weighted by Gasteiger charge is 2.23. The second-order valence-corrected chi connectivity index (χ2v) is 7.27. The summed E-state index contributed by atoms with van der Waals surface area (Å²) in [7, 11) is -3.44. The molecule has 0 bridgehead atoms. The minimum absolute atomic E-state index is 0.222. The van der Waals surface area contributed by atoms with Gasteiger partial charge in [-0.3, -0.25) is 9.78 Å². The maximum Gasteiger partial charge on any atom is 0.239 e. The molecule has 0 aliphatic rings. The molecule has 0 spiro atoms. The molecule has 0 saturated carbocycles. The van der Waals surface area contributed by atoms with Crippen LogP contribution in [0.1, 0.15) is 13.8 Å². The summed E-state index contributed by atoms with van der Waals surface area (Å²) in [5.41, 5.74) is 1.24. The van der Waals surface area contributed by atoms with Crippen molar-refractivity contribution in [2.24, 2.45) is 0 Å². The quantitative estimate of drug-likeness (QED) is 0.911. The number of hydrogen-bond donors (Lipinski definition) is 1. The van der Waals surface area contributed by atoms with Crippen LogP contribution in [0.2, 0.25) is 0 Å². The summed E-state index contributed by atoms with van der Waals surface area (Å²) in [6.45, 7) is 3.24. The summed E-state index contributed by atoms with van der Waals surface area (Å²) in [4.78, 5) is 16.4. The predicted octanol–water partition coefficient (Wildman–Crippen LogP) is 1.84. The van der Waals surface area contributed by atoms with Crippen LogP contribution in [-0.4, -0.2) is 42.5 Å². The number of sulfonamides is 1. The summed E-state index contributed by atoms with van der Waals surface area (Å²) in [6, 6.07) is 8.89. The number of anilines is 1. The van der Waals surface area contributed by atoms with Crippen molar-refractivity contribution >= 4 is 32.5 Å². The molecule has 22 heavy (non-hydrogen) atoms. The van der Waals surface area contributed by atoms with Gasteiger partial charge in [-0.25, -0.2) is 8.42 Å². The smallest absolute Gasteiger partial charge is 0.239 e. The van der Waals surface area contributed by atoms with E-state index < -0.39 is 15.9 Å². The number of carbonyl (C=O) groups excluding carboxylic acids is 1. The third-order valence-corrected chi connectivity index (χ3v) is 4.61. The Labute approximate surface area is 130 Å². The van der Waals surface area contributed by atoms with Gasteiger partial charge in [-0.1, -0.05) is 18.2 Å². The van der Waals surface area contributed by atoms with Gasteiger partial charge in [0.05, 0.1) is 24.0 Å². The molecule has 1 N–H and O–H groups in total. The van der Waals surface area contributed by atoms with Gasteiger partial charge in [-0.05, 0) is 26.0 Å². The molecule has 0 aliphatic heterocycles. The van der Waals surface area contributed by atoms with Gasteiger partial charge < -0.3 is 5.32 Å². The van der Waals surface area contributed by atoms with Crippen LogP contribution < -0.4 is 5.32 Å². The van der Waals surface area contributed by atoms with E-state index in [0.717, 1.165) is 15.9 Å². The van der Waals surface area contributed by atoms with E-state index in [2.05, 4.69) is 10.3 Å². The molecule has 2 aromatic rings. The Morgan fingerprint density at radius 1 is 1.27 bits per heavy atom. The lowest BCUT2D eigenvalue weighted by molar-refractivity contribution is -0.116. The second-order valence-electron chi connectivity index (χ2n) is 5.33. The van der Waals surface area contributed by atoms with Gasteiger partial charge in [-0.15, -0.1) is 0 Å². The molecule has 1 aromatic carbocycles. The van der Waals surface area contributed by atoms with Gasteiger partial charge in [0.15, 0.2) is 0 Å². The van der Waals surface area contributed by atoms with E-state index in [0.29, 0.717) is 11.2 Å². The van der Waals surface area contributed by atoms with E-state index in [1.807, 2.05) is 24.3 Å². The van der Waals surface area contributed by atoms with Crippen molar-refractivity contribution < 1.29 is 13.2 Å². The molecule has 0 aliphatic carbocycles. The average Bonchev–Trinajstić information content (AvgIpc) is 2.44. The lowest BCUT2D eigenvalue weighted by Crippen LogP contribution is -2.41. The first-order valence-electron chi connectivity index (χ1n) is 6.89. The van der Waals surface area contributed by atoms with Gasteiger partial charge >= 0.3 is 0 Å². The Morgan fingerprint density at radius 2 is 1.95 bits per heavy atom. The largest absolute Gasteiger partial charge is 0.323 e. The fourth-order valence-electron chi connectivity index (χ4n) is 2.22. The molecular formula is C15H19N3O3S. The van der Waals surface area contributed by atoms with Crippen LogP contribution in [-0.2, 0) is 14.8 Å². The average molecular weight is 321 g/mol. The summed E-state index contributed by atoms with van der Waals surface area (Å²) < 4.78 is 24.6. The maximum atomic E-state index is 12.2. The normalized spacial score (nSPS) is 12.0. The van der Waals surface area contributed by atoms with Crippen LogP contribution in [0.15, 0.2) is 36.5 Å². The van der Waals surface area contributed by atoms with E-state index in [1.165, 1.54) is 0 Å². The Kier molecular flexibility index (Phi) is 4.77. The van der Waals surface area contributed by atoms with Gasteiger partial charge in [0, 0.05) is 17.6 Å². The number of aromatic nitrogens is 1. The number of fused-ring (bicyclic) bond motifs is 1. The van der Waals surface area contributed by atoms with Crippen LogP contribution in [0, 0.1) is 0 Å².